The number of hydrogen-bond donors (Lipinski definition) is 0. The molecule has 3 rings (SSSR count). The van der Waals surface area contributed by atoms with Gasteiger partial charge in [-0.2, -0.15) is 0 Å². The van der Waals surface area contributed by atoms with Gasteiger partial charge in [-0.3, -0.25) is 19.4 Å². The lowest BCUT2D eigenvalue weighted by atomic mass is 10.00. The highest BCUT2D eigenvalue weighted by Crippen LogP contribution is 2.33. The Morgan fingerprint density at radius 3 is 2.10 bits per heavy atom. The molecule has 0 aliphatic carbocycles. The minimum atomic E-state index is -1.23. The standard InChI is InChI=1S/C14H13F3N2O2/c1-18-13(20)8-5-19(6-9(8)14(18)21)4-7-2-11(16)12(17)3-10(7)15/h2-3,8-9H,4-6H2,1H3/t8-,9+. The highest BCUT2D eigenvalue weighted by Gasteiger charge is 2.50. The number of likely N-dealkylation sites (tertiary alicyclic amines) is 2. The molecule has 2 amide bonds. The summed E-state index contributed by atoms with van der Waals surface area (Å²) in [6, 6.07) is 1.32. The Balaban J connectivity index is 1.76. The van der Waals surface area contributed by atoms with Gasteiger partial charge in [-0.1, -0.05) is 0 Å². The zero-order valence-electron chi connectivity index (χ0n) is 11.3. The summed E-state index contributed by atoms with van der Waals surface area (Å²) < 4.78 is 39.7. The van der Waals surface area contributed by atoms with E-state index in [4.69, 9.17) is 0 Å². The van der Waals surface area contributed by atoms with E-state index in [1.165, 1.54) is 7.05 Å². The smallest absolute Gasteiger partial charge is 0.234 e. The molecule has 0 bridgehead atoms. The number of rotatable bonds is 2. The van der Waals surface area contributed by atoms with Gasteiger partial charge in [-0.25, -0.2) is 13.2 Å². The van der Waals surface area contributed by atoms with Crippen molar-refractivity contribution in [2.45, 2.75) is 6.54 Å². The summed E-state index contributed by atoms with van der Waals surface area (Å²) in [6.45, 7) is 0.677. The molecule has 7 heteroatoms. The molecule has 0 spiro atoms. The van der Waals surface area contributed by atoms with Crippen LogP contribution >= 0.6 is 0 Å². The van der Waals surface area contributed by atoms with E-state index in [-0.39, 0.29) is 23.9 Å². The highest BCUT2D eigenvalue weighted by molar-refractivity contribution is 6.05. The van der Waals surface area contributed by atoms with Crippen molar-refractivity contribution in [3.63, 3.8) is 0 Å². The second-order valence-electron chi connectivity index (χ2n) is 5.50. The fourth-order valence-corrected chi connectivity index (χ4v) is 3.05. The fourth-order valence-electron chi connectivity index (χ4n) is 3.05. The summed E-state index contributed by atoms with van der Waals surface area (Å²) in [4.78, 5) is 26.5. The Morgan fingerprint density at radius 1 is 1.00 bits per heavy atom. The number of nitrogens with zero attached hydrogens (tertiary/aromatic N) is 2. The van der Waals surface area contributed by atoms with Gasteiger partial charge in [0.15, 0.2) is 11.6 Å². The van der Waals surface area contributed by atoms with Crippen LogP contribution in [0.5, 0.6) is 0 Å². The van der Waals surface area contributed by atoms with E-state index in [0.29, 0.717) is 19.2 Å². The lowest BCUT2D eigenvalue weighted by Crippen LogP contribution is -2.33. The molecule has 0 saturated carbocycles. The predicted octanol–water partition coefficient (Wildman–Crippen LogP) is 1.15. The van der Waals surface area contributed by atoms with Crippen LogP contribution in [0.25, 0.3) is 0 Å². The van der Waals surface area contributed by atoms with Crippen LogP contribution < -0.4 is 0 Å². The van der Waals surface area contributed by atoms with Crippen LogP contribution in [-0.2, 0) is 16.1 Å². The van der Waals surface area contributed by atoms with E-state index in [1.54, 1.807) is 4.90 Å². The molecule has 2 aliphatic rings. The van der Waals surface area contributed by atoms with Crippen LogP contribution in [-0.4, -0.2) is 41.8 Å². The molecule has 0 N–H and O–H groups in total. The van der Waals surface area contributed by atoms with Crippen molar-refractivity contribution in [1.29, 1.82) is 0 Å². The maximum absolute atomic E-state index is 13.6. The van der Waals surface area contributed by atoms with Crippen LogP contribution in [0.3, 0.4) is 0 Å². The maximum atomic E-state index is 13.6. The molecule has 0 aromatic heterocycles. The Bertz CT molecular complexity index is 611. The number of amides is 2. The van der Waals surface area contributed by atoms with Crippen molar-refractivity contribution in [3.8, 4) is 0 Å². The molecule has 2 heterocycles. The summed E-state index contributed by atoms with van der Waals surface area (Å²) in [7, 11) is 1.45. The number of carbonyl (C=O) groups is 2. The van der Waals surface area contributed by atoms with E-state index in [1.807, 2.05) is 0 Å². The molecule has 1 aromatic carbocycles. The second-order valence-corrected chi connectivity index (χ2v) is 5.50. The fraction of sp³-hybridized carbons (Fsp3) is 0.429. The van der Waals surface area contributed by atoms with Crippen molar-refractivity contribution < 1.29 is 22.8 Å². The van der Waals surface area contributed by atoms with Crippen molar-refractivity contribution >= 4 is 11.8 Å². The van der Waals surface area contributed by atoms with Gasteiger partial charge in [0.25, 0.3) is 0 Å². The lowest BCUT2D eigenvalue weighted by Gasteiger charge is -2.18. The van der Waals surface area contributed by atoms with Gasteiger partial charge in [0.05, 0.1) is 11.8 Å². The minimum Gasteiger partial charge on any atom is -0.297 e. The molecule has 21 heavy (non-hydrogen) atoms. The molecule has 112 valence electrons. The topological polar surface area (TPSA) is 40.6 Å². The minimum absolute atomic E-state index is 0.0159. The van der Waals surface area contributed by atoms with Crippen molar-refractivity contribution in [3.05, 3.63) is 35.1 Å². The second kappa shape index (κ2) is 4.84. The Labute approximate surface area is 119 Å². The van der Waals surface area contributed by atoms with Gasteiger partial charge in [-0.05, 0) is 6.07 Å². The summed E-state index contributed by atoms with van der Waals surface area (Å²) in [5.74, 6) is -4.50. The third-order valence-electron chi connectivity index (χ3n) is 4.17. The largest absolute Gasteiger partial charge is 0.297 e. The van der Waals surface area contributed by atoms with E-state index in [2.05, 4.69) is 0 Å². The molecule has 0 radical (unpaired) electrons. The first-order chi connectivity index (χ1) is 9.88. The number of benzene rings is 1. The normalized spacial score (nSPS) is 25.8. The monoisotopic (exact) mass is 298 g/mol. The number of hydrogen-bond acceptors (Lipinski definition) is 3. The lowest BCUT2D eigenvalue weighted by molar-refractivity contribution is -0.138. The van der Waals surface area contributed by atoms with Crippen LogP contribution in [0.2, 0.25) is 0 Å². The van der Waals surface area contributed by atoms with Crippen molar-refractivity contribution in [1.82, 2.24) is 9.80 Å². The van der Waals surface area contributed by atoms with Crippen LogP contribution in [0, 0.1) is 29.3 Å². The molecule has 0 unspecified atom stereocenters. The van der Waals surface area contributed by atoms with E-state index in [9.17, 15) is 22.8 Å². The van der Waals surface area contributed by atoms with Gasteiger partial charge in [-0.15, -0.1) is 0 Å². The van der Waals surface area contributed by atoms with E-state index in [0.717, 1.165) is 11.0 Å². The van der Waals surface area contributed by atoms with Crippen molar-refractivity contribution in [2.24, 2.45) is 11.8 Å². The van der Waals surface area contributed by atoms with E-state index >= 15 is 0 Å². The number of imide groups is 1. The molecule has 2 atom stereocenters. The third kappa shape index (κ3) is 2.21. The van der Waals surface area contributed by atoms with Gasteiger partial charge >= 0.3 is 0 Å². The Morgan fingerprint density at radius 2 is 1.52 bits per heavy atom. The van der Waals surface area contributed by atoms with Crippen LogP contribution in [0.1, 0.15) is 5.56 Å². The molecule has 1 aromatic rings. The molecule has 4 nitrogen and oxygen atoms in total. The van der Waals surface area contributed by atoms with Gasteiger partial charge < -0.3 is 0 Å². The first-order valence-electron chi connectivity index (χ1n) is 6.55. The first-order valence-corrected chi connectivity index (χ1v) is 6.55. The number of halogens is 3. The predicted molar refractivity (Wildman–Crippen MR) is 66.4 cm³/mol. The number of fused-ring (bicyclic) bond motifs is 1. The average molecular weight is 298 g/mol. The summed E-state index contributed by atoms with van der Waals surface area (Å²) in [5, 5.41) is 0. The quantitative estimate of drug-likeness (QED) is 0.607. The SMILES string of the molecule is CN1C(=O)[C@H]2CN(Cc3cc(F)c(F)cc3F)C[C@H]2C1=O. The zero-order chi connectivity index (χ0) is 15.3. The Hall–Kier alpha value is -1.89. The van der Waals surface area contributed by atoms with Crippen molar-refractivity contribution in [2.75, 3.05) is 20.1 Å². The van der Waals surface area contributed by atoms with Crippen LogP contribution in [0.4, 0.5) is 13.2 Å². The van der Waals surface area contributed by atoms with Gasteiger partial charge in [0.2, 0.25) is 11.8 Å². The van der Waals surface area contributed by atoms with Crippen LogP contribution in [0.15, 0.2) is 12.1 Å². The molecule has 2 aliphatic heterocycles. The zero-order valence-corrected chi connectivity index (χ0v) is 11.3. The van der Waals surface area contributed by atoms with Gasteiger partial charge in [0.1, 0.15) is 5.82 Å². The average Bonchev–Trinajstić information content (AvgIpc) is 2.93. The molecule has 2 fully saturated rings. The Kier molecular flexibility index (Phi) is 3.24. The molecule has 2 saturated heterocycles. The summed E-state index contributed by atoms with van der Waals surface area (Å²) >= 11 is 0. The summed E-state index contributed by atoms with van der Waals surface area (Å²) in [5.41, 5.74) is 0.0159. The van der Waals surface area contributed by atoms with Gasteiger partial charge in [0, 0.05) is 38.3 Å². The highest BCUT2D eigenvalue weighted by atomic mass is 19.2. The molecular formula is C14H13F3N2O2. The maximum Gasteiger partial charge on any atom is 0.234 e. The first kappa shape index (κ1) is 14.1. The number of carbonyl (C=O) groups excluding carboxylic acids is 2. The van der Waals surface area contributed by atoms with E-state index < -0.39 is 29.3 Å². The third-order valence-corrected chi connectivity index (χ3v) is 4.17. The molecular weight excluding hydrogens is 285 g/mol. The summed E-state index contributed by atoms with van der Waals surface area (Å²) in [6.07, 6.45) is 0.